The summed E-state index contributed by atoms with van der Waals surface area (Å²) in [5.41, 5.74) is 0.305. The summed E-state index contributed by atoms with van der Waals surface area (Å²) in [6.07, 6.45) is -5.82. The summed E-state index contributed by atoms with van der Waals surface area (Å²) < 4.78 is 34.2. The van der Waals surface area contributed by atoms with Gasteiger partial charge in [0.1, 0.15) is 12.7 Å². The van der Waals surface area contributed by atoms with Gasteiger partial charge in [0.05, 0.1) is 5.56 Å². The lowest BCUT2D eigenvalue weighted by molar-refractivity contribution is -0.195. The van der Waals surface area contributed by atoms with Crippen LogP contribution in [0.3, 0.4) is 0 Å². The maximum Gasteiger partial charge on any atom is 0.338 e. The van der Waals surface area contributed by atoms with Gasteiger partial charge in [-0.05, 0) is 12.1 Å². The lowest BCUT2D eigenvalue weighted by atomic mass is 10.1. The molecule has 7 nitrogen and oxygen atoms in total. The van der Waals surface area contributed by atoms with Crippen LogP contribution in [0, 0.1) is 0 Å². The van der Waals surface area contributed by atoms with E-state index in [0.717, 1.165) is 13.8 Å². The highest BCUT2D eigenvalue weighted by atomic mass is 19.1. The zero-order valence-corrected chi connectivity index (χ0v) is 13.1. The monoisotopic (exact) mass is 340 g/mol. The summed E-state index contributed by atoms with van der Waals surface area (Å²) >= 11 is 0. The Morgan fingerprint density at radius 1 is 1.08 bits per heavy atom. The van der Waals surface area contributed by atoms with E-state index in [1.54, 1.807) is 30.3 Å². The topological polar surface area (TPSA) is 88.1 Å². The molecule has 4 atom stereocenters. The van der Waals surface area contributed by atoms with Crippen molar-refractivity contribution >= 4 is 17.9 Å². The molecule has 1 aromatic carbocycles. The van der Waals surface area contributed by atoms with E-state index in [2.05, 4.69) is 0 Å². The molecule has 0 saturated carbocycles. The van der Waals surface area contributed by atoms with Crippen LogP contribution in [0.4, 0.5) is 4.39 Å². The average Bonchev–Trinajstić information content (AvgIpc) is 2.81. The molecule has 1 aliphatic rings. The van der Waals surface area contributed by atoms with Crippen molar-refractivity contribution in [1.29, 1.82) is 0 Å². The number of rotatable bonds is 5. The van der Waals surface area contributed by atoms with Crippen LogP contribution < -0.4 is 0 Å². The van der Waals surface area contributed by atoms with Crippen LogP contribution >= 0.6 is 0 Å². The second-order valence-corrected chi connectivity index (χ2v) is 5.14. The Morgan fingerprint density at radius 3 is 2.29 bits per heavy atom. The number of alkyl halides is 1. The summed E-state index contributed by atoms with van der Waals surface area (Å²) in [7, 11) is 0. The number of hydrogen-bond acceptors (Lipinski definition) is 7. The number of esters is 3. The smallest absolute Gasteiger partial charge is 0.338 e. The summed E-state index contributed by atoms with van der Waals surface area (Å²) in [6.45, 7) is 1.80. The van der Waals surface area contributed by atoms with Gasteiger partial charge in [-0.1, -0.05) is 18.2 Å². The zero-order chi connectivity index (χ0) is 17.7. The number of halogens is 1. The molecular weight excluding hydrogens is 323 g/mol. The molecule has 130 valence electrons. The first-order valence-electron chi connectivity index (χ1n) is 7.24. The van der Waals surface area contributed by atoms with Gasteiger partial charge >= 0.3 is 17.9 Å². The van der Waals surface area contributed by atoms with Gasteiger partial charge in [0.2, 0.25) is 6.29 Å². The molecule has 1 fully saturated rings. The number of hydrogen-bond donors (Lipinski definition) is 0. The van der Waals surface area contributed by atoms with Gasteiger partial charge in [-0.3, -0.25) is 9.59 Å². The maximum atomic E-state index is 14.4. The lowest BCUT2D eigenvalue weighted by Crippen LogP contribution is -2.36. The van der Waals surface area contributed by atoms with Crippen molar-refractivity contribution in [3.63, 3.8) is 0 Å². The molecular formula is C16H17FO7. The van der Waals surface area contributed by atoms with E-state index in [1.165, 1.54) is 0 Å². The normalized spacial score (nSPS) is 25.8. The third-order valence-corrected chi connectivity index (χ3v) is 3.22. The fraction of sp³-hybridized carbons (Fsp3) is 0.438. The first-order chi connectivity index (χ1) is 11.4. The van der Waals surface area contributed by atoms with Gasteiger partial charge in [0.15, 0.2) is 12.3 Å². The minimum absolute atomic E-state index is 0.305. The SMILES string of the molecule is CC(=O)OC1O[C@H](COC(=O)c2ccccc2)[C@@H](F)[C@H]1OC(C)=O. The quantitative estimate of drug-likeness (QED) is 0.591. The first kappa shape index (κ1) is 17.9. The van der Waals surface area contributed by atoms with Gasteiger partial charge in [-0.25, -0.2) is 9.18 Å². The summed E-state index contributed by atoms with van der Waals surface area (Å²) in [4.78, 5) is 34.0. The van der Waals surface area contributed by atoms with Crippen molar-refractivity contribution in [2.75, 3.05) is 6.61 Å². The maximum absolute atomic E-state index is 14.4. The molecule has 1 saturated heterocycles. The van der Waals surface area contributed by atoms with E-state index in [-0.39, 0.29) is 0 Å². The van der Waals surface area contributed by atoms with E-state index in [1.807, 2.05) is 0 Å². The molecule has 0 N–H and O–H groups in total. The Morgan fingerprint density at radius 2 is 1.71 bits per heavy atom. The van der Waals surface area contributed by atoms with Gasteiger partial charge < -0.3 is 18.9 Å². The van der Waals surface area contributed by atoms with Crippen LogP contribution in [-0.4, -0.2) is 49.2 Å². The van der Waals surface area contributed by atoms with Crippen LogP contribution in [0.25, 0.3) is 0 Å². The Bertz CT molecular complexity index is 604. The summed E-state index contributed by atoms with van der Waals surface area (Å²) in [6, 6.07) is 8.16. The molecule has 0 spiro atoms. The van der Waals surface area contributed by atoms with Gasteiger partial charge in [-0.15, -0.1) is 0 Å². The third kappa shape index (κ3) is 4.51. The molecule has 1 unspecified atom stereocenters. The summed E-state index contributed by atoms with van der Waals surface area (Å²) in [5.74, 6) is -2.11. The highest BCUT2D eigenvalue weighted by molar-refractivity contribution is 5.89. The van der Waals surface area contributed by atoms with Crippen molar-refractivity contribution in [3.8, 4) is 0 Å². The van der Waals surface area contributed by atoms with Gasteiger partial charge in [0, 0.05) is 13.8 Å². The molecule has 0 radical (unpaired) electrons. The molecule has 0 aromatic heterocycles. The van der Waals surface area contributed by atoms with E-state index in [0.29, 0.717) is 5.56 Å². The van der Waals surface area contributed by atoms with E-state index < -0.39 is 49.2 Å². The van der Waals surface area contributed by atoms with E-state index in [9.17, 15) is 18.8 Å². The second kappa shape index (κ2) is 7.87. The Balaban J connectivity index is 1.98. The Hall–Kier alpha value is -2.48. The number of ether oxygens (including phenoxy) is 4. The van der Waals surface area contributed by atoms with E-state index in [4.69, 9.17) is 18.9 Å². The van der Waals surface area contributed by atoms with Crippen LogP contribution in [0.15, 0.2) is 30.3 Å². The minimum atomic E-state index is -1.80. The van der Waals surface area contributed by atoms with Gasteiger partial charge in [-0.2, -0.15) is 0 Å². The number of benzene rings is 1. The predicted octanol–water partition coefficient (Wildman–Crippen LogP) is 1.40. The van der Waals surface area contributed by atoms with Crippen molar-refractivity contribution in [2.24, 2.45) is 0 Å². The molecule has 8 heteroatoms. The molecule has 24 heavy (non-hydrogen) atoms. The first-order valence-corrected chi connectivity index (χ1v) is 7.24. The fourth-order valence-corrected chi connectivity index (χ4v) is 2.20. The van der Waals surface area contributed by atoms with Crippen LogP contribution in [0.5, 0.6) is 0 Å². The average molecular weight is 340 g/mol. The Labute approximate surface area is 137 Å². The fourth-order valence-electron chi connectivity index (χ4n) is 2.20. The molecule has 1 aromatic rings. The molecule has 1 aliphatic heterocycles. The summed E-state index contributed by atoms with van der Waals surface area (Å²) in [5, 5.41) is 0. The standard InChI is InChI=1S/C16H17FO7/c1-9(18)22-14-13(17)12(24-16(14)23-10(2)19)8-21-15(20)11-6-4-3-5-7-11/h3-7,12-14,16H,8H2,1-2H3/t12-,13-,14-,16?/m1/s1. The third-order valence-electron chi connectivity index (χ3n) is 3.22. The van der Waals surface area contributed by atoms with Crippen molar-refractivity contribution in [2.45, 2.75) is 38.5 Å². The van der Waals surface area contributed by atoms with Crippen LogP contribution in [0.2, 0.25) is 0 Å². The second-order valence-electron chi connectivity index (χ2n) is 5.14. The zero-order valence-electron chi connectivity index (χ0n) is 13.1. The molecule has 0 bridgehead atoms. The molecule has 0 aliphatic carbocycles. The largest absolute Gasteiger partial charge is 0.459 e. The number of carbonyl (C=O) groups excluding carboxylic acids is 3. The van der Waals surface area contributed by atoms with E-state index >= 15 is 0 Å². The van der Waals surface area contributed by atoms with Crippen molar-refractivity contribution in [3.05, 3.63) is 35.9 Å². The van der Waals surface area contributed by atoms with Crippen molar-refractivity contribution < 1.29 is 37.7 Å². The Kier molecular flexibility index (Phi) is 5.86. The molecule has 1 heterocycles. The number of carbonyl (C=O) groups is 3. The minimum Gasteiger partial charge on any atom is -0.459 e. The van der Waals surface area contributed by atoms with Crippen LogP contribution in [-0.2, 0) is 28.5 Å². The molecule has 0 amide bonds. The lowest BCUT2D eigenvalue weighted by Gasteiger charge is -2.18. The molecule has 2 rings (SSSR count). The van der Waals surface area contributed by atoms with Crippen LogP contribution in [0.1, 0.15) is 24.2 Å². The predicted molar refractivity (Wildman–Crippen MR) is 77.6 cm³/mol. The highest BCUT2D eigenvalue weighted by Crippen LogP contribution is 2.28. The van der Waals surface area contributed by atoms with Gasteiger partial charge in [0.25, 0.3) is 0 Å². The van der Waals surface area contributed by atoms with Crippen molar-refractivity contribution in [1.82, 2.24) is 0 Å². The highest BCUT2D eigenvalue weighted by Gasteiger charge is 2.49.